The normalized spacial score (nSPS) is 20.4. The molecule has 1 aromatic carbocycles. The highest BCUT2D eigenvalue weighted by molar-refractivity contribution is 5.14. The summed E-state index contributed by atoms with van der Waals surface area (Å²) in [7, 11) is 0. The number of rotatable bonds is 7. The molecule has 0 aromatic heterocycles. The first kappa shape index (κ1) is 13.5. The maximum absolute atomic E-state index is 5.50. The minimum Gasteiger partial charge on any atom is -0.330 e. The Labute approximate surface area is 110 Å². The molecule has 0 spiro atoms. The number of benzene rings is 1. The number of likely N-dealkylation sites (tertiary alicyclic amines) is 1. The fourth-order valence-electron chi connectivity index (χ4n) is 2.54. The molecule has 0 amide bonds. The van der Waals surface area contributed by atoms with Crippen LogP contribution in [0.2, 0.25) is 0 Å². The highest BCUT2D eigenvalue weighted by atomic mass is 15.2. The first-order chi connectivity index (χ1) is 8.88. The maximum atomic E-state index is 5.50. The van der Waals surface area contributed by atoms with E-state index in [1.807, 2.05) is 0 Å². The van der Waals surface area contributed by atoms with Crippen LogP contribution in [-0.4, -0.2) is 43.7 Å². The Morgan fingerprint density at radius 1 is 1.28 bits per heavy atom. The van der Waals surface area contributed by atoms with Crippen molar-refractivity contribution in [1.82, 2.24) is 10.2 Å². The van der Waals surface area contributed by atoms with Crippen molar-refractivity contribution in [3.8, 4) is 0 Å². The molecular formula is C15H25N3. The molecule has 1 fully saturated rings. The Morgan fingerprint density at radius 3 is 2.89 bits per heavy atom. The Balaban J connectivity index is 1.64. The van der Waals surface area contributed by atoms with Gasteiger partial charge in [0, 0.05) is 19.1 Å². The van der Waals surface area contributed by atoms with Crippen LogP contribution in [0.1, 0.15) is 18.4 Å². The van der Waals surface area contributed by atoms with Crippen molar-refractivity contribution >= 4 is 0 Å². The van der Waals surface area contributed by atoms with Gasteiger partial charge in [0.1, 0.15) is 0 Å². The van der Waals surface area contributed by atoms with Crippen LogP contribution in [0, 0.1) is 0 Å². The highest BCUT2D eigenvalue weighted by Gasteiger charge is 2.20. The second kappa shape index (κ2) is 7.52. The lowest BCUT2D eigenvalue weighted by molar-refractivity contribution is 0.331. The number of nitrogens with two attached hydrogens (primary N) is 1. The van der Waals surface area contributed by atoms with E-state index in [4.69, 9.17) is 5.73 Å². The van der Waals surface area contributed by atoms with E-state index in [-0.39, 0.29) is 0 Å². The zero-order chi connectivity index (χ0) is 12.6. The van der Waals surface area contributed by atoms with Crippen LogP contribution >= 0.6 is 0 Å². The summed E-state index contributed by atoms with van der Waals surface area (Å²) in [4.78, 5) is 2.56. The lowest BCUT2D eigenvalue weighted by Gasteiger charge is -2.16. The summed E-state index contributed by atoms with van der Waals surface area (Å²) in [5.74, 6) is 0. The summed E-state index contributed by atoms with van der Waals surface area (Å²) in [6.07, 6.45) is 3.52. The summed E-state index contributed by atoms with van der Waals surface area (Å²) in [6, 6.07) is 11.4. The molecule has 3 heteroatoms. The standard InChI is InChI=1S/C15H25N3/c16-9-4-10-17-15-8-12-18(13-15)11-7-14-5-2-1-3-6-14/h1-3,5-6,15,17H,4,7-13,16H2. The van der Waals surface area contributed by atoms with Gasteiger partial charge in [0.2, 0.25) is 0 Å². The fraction of sp³-hybridized carbons (Fsp3) is 0.600. The van der Waals surface area contributed by atoms with Crippen LogP contribution in [-0.2, 0) is 6.42 Å². The number of nitrogens with one attached hydrogen (secondary N) is 1. The molecule has 100 valence electrons. The molecule has 1 aromatic rings. The van der Waals surface area contributed by atoms with Gasteiger partial charge in [-0.05, 0) is 44.5 Å². The quantitative estimate of drug-likeness (QED) is 0.712. The summed E-state index contributed by atoms with van der Waals surface area (Å²) >= 11 is 0. The smallest absolute Gasteiger partial charge is 0.0207 e. The number of hydrogen-bond acceptors (Lipinski definition) is 3. The van der Waals surface area contributed by atoms with Crippen LogP contribution < -0.4 is 11.1 Å². The third-order valence-electron chi connectivity index (χ3n) is 3.65. The Morgan fingerprint density at radius 2 is 2.11 bits per heavy atom. The van der Waals surface area contributed by atoms with Crippen LogP contribution in [0.3, 0.4) is 0 Å². The molecular weight excluding hydrogens is 222 g/mol. The molecule has 0 saturated carbocycles. The zero-order valence-corrected chi connectivity index (χ0v) is 11.1. The maximum Gasteiger partial charge on any atom is 0.0207 e. The van der Waals surface area contributed by atoms with E-state index in [0.717, 1.165) is 25.9 Å². The molecule has 18 heavy (non-hydrogen) atoms. The summed E-state index contributed by atoms with van der Waals surface area (Å²) < 4.78 is 0. The molecule has 1 aliphatic rings. The van der Waals surface area contributed by atoms with Gasteiger partial charge in [0.15, 0.2) is 0 Å². The predicted octanol–water partition coefficient (Wildman–Crippen LogP) is 1.24. The first-order valence-electron chi connectivity index (χ1n) is 7.08. The second-order valence-corrected chi connectivity index (χ2v) is 5.12. The second-order valence-electron chi connectivity index (χ2n) is 5.12. The van der Waals surface area contributed by atoms with Crippen molar-refractivity contribution in [2.24, 2.45) is 5.73 Å². The van der Waals surface area contributed by atoms with Crippen LogP contribution in [0.5, 0.6) is 0 Å². The molecule has 3 N–H and O–H groups in total. The van der Waals surface area contributed by atoms with E-state index in [1.165, 1.54) is 31.6 Å². The van der Waals surface area contributed by atoms with Gasteiger partial charge >= 0.3 is 0 Å². The van der Waals surface area contributed by atoms with Crippen molar-refractivity contribution in [2.75, 3.05) is 32.7 Å². The molecule has 1 atom stereocenters. The van der Waals surface area contributed by atoms with Gasteiger partial charge in [-0.2, -0.15) is 0 Å². The van der Waals surface area contributed by atoms with Crippen molar-refractivity contribution < 1.29 is 0 Å². The Hall–Kier alpha value is -0.900. The minimum atomic E-state index is 0.673. The van der Waals surface area contributed by atoms with E-state index in [1.54, 1.807) is 0 Å². The summed E-state index contributed by atoms with van der Waals surface area (Å²) in [5.41, 5.74) is 6.94. The van der Waals surface area contributed by atoms with E-state index in [0.29, 0.717) is 6.04 Å². The number of hydrogen-bond donors (Lipinski definition) is 2. The zero-order valence-electron chi connectivity index (χ0n) is 11.1. The van der Waals surface area contributed by atoms with E-state index in [9.17, 15) is 0 Å². The molecule has 1 unspecified atom stereocenters. The predicted molar refractivity (Wildman–Crippen MR) is 76.7 cm³/mol. The van der Waals surface area contributed by atoms with Gasteiger partial charge < -0.3 is 16.0 Å². The molecule has 1 heterocycles. The van der Waals surface area contributed by atoms with Gasteiger partial charge in [-0.15, -0.1) is 0 Å². The van der Waals surface area contributed by atoms with Crippen LogP contribution in [0.15, 0.2) is 30.3 Å². The molecule has 0 aliphatic carbocycles. The molecule has 0 radical (unpaired) electrons. The van der Waals surface area contributed by atoms with E-state index >= 15 is 0 Å². The topological polar surface area (TPSA) is 41.3 Å². The molecule has 0 bridgehead atoms. The first-order valence-corrected chi connectivity index (χ1v) is 7.08. The monoisotopic (exact) mass is 247 g/mol. The van der Waals surface area contributed by atoms with E-state index < -0.39 is 0 Å². The van der Waals surface area contributed by atoms with Gasteiger partial charge in [-0.1, -0.05) is 30.3 Å². The number of nitrogens with zero attached hydrogens (tertiary/aromatic N) is 1. The van der Waals surface area contributed by atoms with Gasteiger partial charge in [0.05, 0.1) is 0 Å². The minimum absolute atomic E-state index is 0.673. The Bertz CT molecular complexity index is 326. The molecule has 1 saturated heterocycles. The third kappa shape index (κ3) is 4.41. The molecule has 1 aliphatic heterocycles. The Kier molecular flexibility index (Phi) is 5.65. The fourth-order valence-corrected chi connectivity index (χ4v) is 2.54. The molecule has 2 rings (SSSR count). The lowest BCUT2D eigenvalue weighted by atomic mass is 10.1. The van der Waals surface area contributed by atoms with Crippen molar-refractivity contribution in [3.63, 3.8) is 0 Å². The van der Waals surface area contributed by atoms with Crippen molar-refractivity contribution in [1.29, 1.82) is 0 Å². The third-order valence-corrected chi connectivity index (χ3v) is 3.65. The SMILES string of the molecule is NCCCNC1CCN(CCc2ccccc2)C1. The van der Waals surface area contributed by atoms with Crippen LogP contribution in [0.4, 0.5) is 0 Å². The van der Waals surface area contributed by atoms with Crippen LogP contribution in [0.25, 0.3) is 0 Å². The van der Waals surface area contributed by atoms with Gasteiger partial charge in [-0.25, -0.2) is 0 Å². The lowest BCUT2D eigenvalue weighted by Crippen LogP contribution is -2.34. The van der Waals surface area contributed by atoms with E-state index in [2.05, 4.69) is 40.5 Å². The average Bonchev–Trinajstić information content (AvgIpc) is 2.86. The van der Waals surface area contributed by atoms with Gasteiger partial charge in [-0.3, -0.25) is 0 Å². The molecule has 3 nitrogen and oxygen atoms in total. The van der Waals surface area contributed by atoms with Crippen molar-refractivity contribution in [2.45, 2.75) is 25.3 Å². The van der Waals surface area contributed by atoms with Gasteiger partial charge in [0.25, 0.3) is 0 Å². The summed E-state index contributed by atoms with van der Waals surface area (Å²) in [6.45, 7) is 5.45. The largest absolute Gasteiger partial charge is 0.330 e. The average molecular weight is 247 g/mol. The summed E-state index contributed by atoms with van der Waals surface area (Å²) in [5, 5.41) is 3.59. The highest BCUT2D eigenvalue weighted by Crippen LogP contribution is 2.10. The van der Waals surface area contributed by atoms with Crippen molar-refractivity contribution in [3.05, 3.63) is 35.9 Å².